The quantitative estimate of drug-likeness (QED) is 0.0999. The van der Waals surface area contributed by atoms with Crippen molar-refractivity contribution in [3.63, 3.8) is 0 Å². The van der Waals surface area contributed by atoms with Gasteiger partial charge in [-0.3, -0.25) is 9.59 Å². The summed E-state index contributed by atoms with van der Waals surface area (Å²) in [5.41, 5.74) is 0. The second-order valence-corrected chi connectivity index (χ2v) is 12.6. The van der Waals surface area contributed by atoms with Crippen LogP contribution in [-0.4, -0.2) is 199 Å². The molecule has 0 aromatic heterocycles. The molecule has 0 bridgehead atoms. The molecule has 0 radical (unpaired) electrons. The number of nitrogens with one attached hydrogen (secondary N) is 2. The number of aliphatic hydroxyl groups is 10. The highest BCUT2D eigenvalue weighted by atomic mass is 16.8. The predicted molar refractivity (Wildman–Crippen MR) is 154 cm³/mol. The van der Waals surface area contributed by atoms with Gasteiger partial charge in [0.05, 0.1) is 31.5 Å². The maximum Gasteiger partial charge on any atom is 0.217 e. The lowest BCUT2D eigenvalue weighted by molar-refractivity contribution is -0.380. The number of aliphatic hydroxyl groups excluding tert-OH is 10. The van der Waals surface area contributed by atoms with Crippen LogP contribution < -0.4 is 10.6 Å². The van der Waals surface area contributed by atoms with E-state index in [0.717, 1.165) is 6.92 Å². The summed E-state index contributed by atoms with van der Waals surface area (Å²) >= 11 is 0. The van der Waals surface area contributed by atoms with Crippen molar-refractivity contribution in [1.29, 1.82) is 0 Å². The molecule has 0 aromatic rings. The molecular formula is C28H48N2O19. The molecule has 0 aromatic carbocycles. The fourth-order valence-electron chi connectivity index (χ4n) is 6.26. The molecule has 49 heavy (non-hydrogen) atoms. The first-order valence-corrected chi connectivity index (χ1v) is 15.8. The Hall–Kier alpha value is -1.74. The number of amides is 2. The zero-order chi connectivity index (χ0) is 36.5. The maximum atomic E-state index is 11.8. The Morgan fingerprint density at radius 2 is 1.02 bits per heavy atom. The third-order valence-electron chi connectivity index (χ3n) is 8.93. The van der Waals surface area contributed by atoms with Crippen molar-refractivity contribution >= 4 is 11.8 Å². The summed E-state index contributed by atoms with van der Waals surface area (Å²) in [6.07, 6.45) is -28.6. The van der Waals surface area contributed by atoms with E-state index >= 15 is 0 Å². The van der Waals surface area contributed by atoms with E-state index in [2.05, 4.69) is 10.6 Å². The van der Waals surface area contributed by atoms with Crippen LogP contribution in [0.5, 0.6) is 0 Å². The van der Waals surface area contributed by atoms with Crippen molar-refractivity contribution in [2.45, 2.75) is 150 Å². The fourth-order valence-corrected chi connectivity index (χ4v) is 6.26. The van der Waals surface area contributed by atoms with Crippen LogP contribution in [0.1, 0.15) is 27.7 Å². The van der Waals surface area contributed by atoms with E-state index < -0.39 is 148 Å². The lowest BCUT2D eigenvalue weighted by Crippen LogP contribution is -2.68. The molecule has 12 N–H and O–H groups in total. The SMILES string of the molecule is CC(=O)N[C@@H]1[C@@H](O)[C@@H](O[C@@H]2[C@@H](O)[C@H](C)O[C@@H](O[C@@H]3[C@H](O)[C@@H](O)[C@H](O[C@H]4[C@@H](O)[C@@H](CO)O[C@H](O)[C@@H]4NC(C)=O)O[C@@H]3CO)[C@@H]2O)O[C@H](C)[C@H]1O. The highest BCUT2D eigenvalue weighted by molar-refractivity contribution is 5.73. The third kappa shape index (κ3) is 8.67. The molecule has 21 nitrogen and oxygen atoms in total. The van der Waals surface area contributed by atoms with E-state index in [9.17, 15) is 60.7 Å². The minimum Gasteiger partial charge on any atom is -0.394 e. The Labute approximate surface area is 280 Å². The van der Waals surface area contributed by atoms with Crippen molar-refractivity contribution in [2.75, 3.05) is 13.2 Å². The van der Waals surface area contributed by atoms with E-state index in [1.165, 1.54) is 20.8 Å². The Bertz CT molecular complexity index is 1110. The van der Waals surface area contributed by atoms with Crippen LogP contribution in [0.4, 0.5) is 0 Å². The molecule has 4 heterocycles. The number of hydrogen-bond donors (Lipinski definition) is 12. The first-order valence-electron chi connectivity index (χ1n) is 15.8. The zero-order valence-corrected chi connectivity index (χ0v) is 27.1. The zero-order valence-electron chi connectivity index (χ0n) is 27.1. The normalized spacial score (nSPS) is 49.3. The average Bonchev–Trinajstić information content (AvgIpc) is 3.04. The van der Waals surface area contributed by atoms with Gasteiger partial charge in [0.25, 0.3) is 0 Å². The molecule has 0 saturated carbocycles. The number of carbonyl (C=O) groups excluding carboxylic acids is 2. The van der Waals surface area contributed by atoms with Crippen LogP contribution in [-0.2, 0) is 42.7 Å². The topological polar surface area (TPSA) is 325 Å². The summed E-state index contributed by atoms with van der Waals surface area (Å²) in [7, 11) is 0. The molecular weight excluding hydrogens is 668 g/mol. The Balaban J connectivity index is 1.48. The highest BCUT2D eigenvalue weighted by Gasteiger charge is 2.55. The van der Waals surface area contributed by atoms with Crippen molar-refractivity contribution < 1.29 is 93.8 Å². The highest BCUT2D eigenvalue weighted by Crippen LogP contribution is 2.34. The van der Waals surface area contributed by atoms with Crippen molar-refractivity contribution in [1.82, 2.24) is 10.6 Å². The lowest BCUT2D eigenvalue weighted by Gasteiger charge is -2.49. The molecule has 4 saturated heterocycles. The van der Waals surface area contributed by atoms with Gasteiger partial charge < -0.3 is 94.9 Å². The Morgan fingerprint density at radius 3 is 1.59 bits per heavy atom. The van der Waals surface area contributed by atoms with Gasteiger partial charge in [-0.1, -0.05) is 0 Å². The first kappa shape index (κ1) is 40.0. The van der Waals surface area contributed by atoms with E-state index in [-0.39, 0.29) is 0 Å². The largest absolute Gasteiger partial charge is 0.394 e. The van der Waals surface area contributed by atoms with E-state index in [1.54, 1.807) is 0 Å². The summed E-state index contributed by atoms with van der Waals surface area (Å²) in [5.74, 6) is -1.21. The van der Waals surface area contributed by atoms with Gasteiger partial charge in [-0.2, -0.15) is 0 Å². The van der Waals surface area contributed by atoms with E-state index in [4.69, 9.17) is 33.2 Å². The molecule has 0 unspecified atom stereocenters. The molecule has 284 valence electrons. The van der Waals surface area contributed by atoms with Crippen LogP contribution >= 0.6 is 0 Å². The Kier molecular flexibility index (Phi) is 13.7. The third-order valence-corrected chi connectivity index (χ3v) is 8.93. The van der Waals surface area contributed by atoms with Crippen LogP contribution in [0.15, 0.2) is 0 Å². The maximum absolute atomic E-state index is 11.8. The predicted octanol–water partition coefficient (Wildman–Crippen LogP) is -7.41. The van der Waals surface area contributed by atoms with Crippen molar-refractivity contribution in [2.24, 2.45) is 0 Å². The van der Waals surface area contributed by atoms with Gasteiger partial charge in [0.2, 0.25) is 11.8 Å². The first-order chi connectivity index (χ1) is 23.0. The molecule has 0 spiro atoms. The standard InChI is InChI=1S/C28H48N2O19/c1-7-15(35)13(29-9(3)33)18(38)26(43-7)49-24-16(36)8(2)44-28(21(24)41)47-22-12(6-32)46-27(20(40)19(22)39)48-23-14(30-10(4)34)25(42)45-11(5-31)17(23)37/h7-8,11-28,31-32,35-42H,5-6H2,1-4H3,(H,29,33)(H,30,34)/t7-,8+,11-,12-,13+,14-,15-,16+,17+,18-,19-,20-,21-,22+,23-,24-,25+,26-,27+,28+/m1/s1. The smallest absolute Gasteiger partial charge is 0.217 e. The molecule has 4 rings (SSSR count). The Morgan fingerprint density at radius 1 is 0.531 bits per heavy atom. The van der Waals surface area contributed by atoms with Crippen molar-refractivity contribution in [3.8, 4) is 0 Å². The van der Waals surface area contributed by atoms with Gasteiger partial charge in [-0.05, 0) is 13.8 Å². The summed E-state index contributed by atoms with van der Waals surface area (Å²) in [5, 5.41) is 111. The molecule has 4 aliphatic rings. The number of carbonyl (C=O) groups is 2. The molecule has 2 amide bonds. The molecule has 4 aliphatic heterocycles. The number of rotatable bonds is 10. The van der Waals surface area contributed by atoms with Crippen molar-refractivity contribution in [3.05, 3.63) is 0 Å². The molecule has 21 heteroatoms. The second-order valence-electron chi connectivity index (χ2n) is 12.6. The molecule has 20 atom stereocenters. The summed E-state index contributed by atoms with van der Waals surface area (Å²) < 4.78 is 39.1. The van der Waals surface area contributed by atoms with Gasteiger partial charge in [0.15, 0.2) is 25.2 Å². The fraction of sp³-hybridized carbons (Fsp3) is 0.929. The van der Waals surface area contributed by atoms with Gasteiger partial charge >= 0.3 is 0 Å². The monoisotopic (exact) mass is 716 g/mol. The van der Waals surface area contributed by atoms with Crippen LogP contribution in [0.3, 0.4) is 0 Å². The summed E-state index contributed by atoms with van der Waals surface area (Å²) in [6, 6.07) is -2.65. The number of ether oxygens (including phenoxy) is 7. The van der Waals surface area contributed by atoms with E-state index in [1.807, 2.05) is 0 Å². The van der Waals surface area contributed by atoms with Gasteiger partial charge in [-0.25, -0.2) is 0 Å². The van der Waals surface area contributed by atoms with Crippen LogP contribution in [0, 0.1) is 0 Å². The number of hydrogen-bond acceptors (Lipinski definition) is 19. The summed E-state index contributed by atoms with van der Waals surface area (Å²) in [4.78, 5) is 23.4. The van der Waals surface area contributed by atoms with Gasteiger partial charge in [0.1, 0.15) is 79.3 Å². The molecule has 0 aliphatic carbocycles. The summed E-state index contributed by atoms with van der Waals surface area (Å²) in [6.45, 7) is 3.50. The molecule has 4 fully saturated rings. The van der Waals surface area contributed by atoms with Crippen LogP contribution in [0.2, 0.25) is 0 Å². The minimum absolute atomic E-state index is 0.561. The minimum atomic E-state index is -1.98. The van der Waals surface area contributed by atoms with E-state index in [0.29, 0.717) is 0 Å². The average molecular weight is 717 g/mol. The lowest BCUT2D eigenvalue weighted by atomic mass is 9.94. The second kappa shape index (κ2) is 16.7. The van der Waals surface area contributed by atoms with Gasteiger partial charge in [0, 0.05) is 13.8 Å². The van der Waals surface area contributed by atoms with Crippen LogP contribution in [0.25, 0.3) is 0 Å². The van der Waals surface area contributed by atoms with Gasteiger partial charge in [-0.15, -0.1) is 0 Å².